The van der Waals surface area contributed by atoms with Crippen molar-refractivity contribution in [3.8, 4) is 0 Å². The first kappa shape index (κ1) is 20.5. The summed E-state index contributed by atoms with van der Waals surface area (Å²) in [5.74, 6) is 0.357. The maximum absolute atomic E-state index is 12.5. The molecule has 0 aliphatic carbocycles. The van der Waals surface area contributed by atoms with Gasteiger partial charge in [-0.1, -0.05) is 0 Å². The Hall–Kier alpha value is -1.57. The zero-order valence-electron chi connectivity index (χ0n) is 13.8. The highest BCUT2D eigenvalue weighted by Crippen LogP contribution is 2.26. The molecule has 24 heavy (non-hydrogen) atoms. The van der Waals surface area contributed by atoms with Crippen molar-refractivity contribution in [2.24, 2.45) is 0 Å². The normalized spacial score (nSPS) is 10.7. The largest absolute Gasteiger partial charge is 0.368 e. The Bertz CT molecular complexity index is 564. The number of hydrogen-bond donors (Lipinski definition) is 1. The molecule has 0 unspecified atom stereocenters. The van der Waals surface area contributed by atoms with E-state index in [1.54, 1.807) is 6.07 Å². The van der Waals surface area contributed by atoms with E-state index in [2.05, 4.69) is 5.32 Å². The number of amides is 1. The fourth-order valence-corrected chi connectivity index (χ4v) is 2.55. The minimum atomic E-state index is -0.520. The van der Waals surface area contributed by atoms with Crippen molar-refractivity contribution in [2.75, 3.05) is 56.9 Å². The third-order valence-corrected chi connectivity index (χ3v) is 3.67. The molecule has 1 amide bonds. The van der Waals surface area contributed by atoms with Gasteiger partial charge in [-0.3, -0.25) is 14.9 Å². The Kier molecular flexibility index (Phi) is 8.81. The molecule has 134 valence electrons. The van der Waals surface area contributed by atoms with Crippen LogP contribution >= 0.6 is 23.2 Å². The molecule has 0 heterocycles. The lowest BCUT2D eigenvalue weighted by atomic mass is 10.1. The zero-order chi connectivity index (χ0) is 18.1. The standard InChI is InChI=1S/C15H22Cl2N4O3/c1-19(2)10-7-18-15(22)13-11-12(21(23)24)3-4-14(13)20(8-5-16)9-6-17/h3-4,11H,5-10H2,1-2H3,(H,18,22). The molecule has 0 aromatic heterocycles. The first-order valence-electron chi connectivity index (χ1n) is 7.49. The number of nitro groups is 1. The number of halogens is 2. The summed E-state index contributed by atoms with van der Waals surface area (Å²) >= 11 is 11.6. The Morgan fingerprint density at radius 3 is 2.33 bits per heavy atom. The summed E-state index contributed by atoms with van der Waals surface area (Å²) in [5, 5.41) is 13.8. The smallest absolute Gasteiger partial charge is 0.270 e. The minimum Gasteiger partial charge on any atom is -0.368 e. The topological polar surface area (TPSA) is 78.7 Å². The average molecular weight is 377 g/mol. The van der Waals surface area contributed by atoms with Crippen LogP contribution in [0.1, 0.15) is 10.4 Å². The van der Waals surface area contributed by atoms with Crippen LogP contribution in [0.15, 0.2) is 18.2 Å². The van der Waals surface area contributed by atoms with Gasteiger partial charge in [0.15, 0.2) is 0 Å². The highest BCUT2D eigenvalue weighted by atomic mass is 35.5. The average Bonchev–Trinajstić information content (AvgIpc) is 2.53. The van der Waals surface area contributed by atoms with Gasteiger partial charge in [-0.2, -0.15) is 0 Å². The van der Waals surface area contributed by atoms with E-state index in [9.17, 15) is 14.9 Å². The molecule has 0 atom stereocenters. The molecule has 1 aromatic carbocycles. The van der Waals surface area contributed by atoms with Crippen LogP contribution < -0.4 is 10.2 Å². The highest BCUT2D eigenvalue weighted by molar-refractivity contribution is 6.18. The zero-order valence-corrected chi connectivity index (χ0v) is 15.3. The number of nitrogens with zero attached hydrogens (tertiary/aromatic N) is 3. The number of rotatable bonds is 10. The van der Waals surface area contributed by atoms with E-state index in [-0.39, 0.29) is 17.2 Å². The van der Waals surface area contributed by atoms with Gasteiger partial charge in [0.2, 0.25) is 0 Å². The number of carbonyl (C=O) groups excluding carboxylic acids is 1. The first-order valence-corrected chi connectivity index (χ1v) is 8.55. The van der Waals surface area contributed by atoms with E-state index >= 15 is 0 Å². The summed E-state index contributed by atoms with van der Waals surface area (Å²) in [6, 6.07) is 4.23. The van der Waals surface area contributed by atoms with Crippen molar-refractivity contribution >= 4 is 40.5 Å². The first-order chi connectivity index (χ1) is 11.4. The van der Waals surface area contributed by atoms with Crippen LogP contribution in [0.25, 0.3) is 0 Å². The lowest BCUT2D eigenvalue weighted by Gasteiger charge is -2.25. The molecule has 1 aromatic rings. The van der Waals surface area contributed by atoms with E-state index in [0.29, 0.717) is 43.6 Å². The predicted octanol–water partition coefficient (Wildman–Crippen LogP) is 2.17. The number of nitro benzene ring substituents is 1. The molecule has 0 saturated heterocycles. The Balaban J connectivity index is 3.12. The highest BCUT2D eigenvalue weighted by Gasteiger charge is 2.20. The second-order valence-corrected chi connectivity index (χ2v) is 6.14. The van der Waals surface area contributed by atoms with Crippen LogP contribution in [0.4, 0.5) is 11.4 Å². The van der Waals surface area contributed by atoms with Crippen molar-refractivity contribution in [1.82, 2.24) is 10.2 Å². The Labute approximate surface area is 151 Å². The van der Waals surface area contributed by atoms with Gasteiger partial charge in [0, 0.05) is 50.1 Å². The number of hydrogen-bond acceptors (Lipinski definition) is 5. The molecule has 0 fully saturated rings. The number of alkyl halides is 2. The third kappa shape index (κ3) is 6.14. The quantitative estimate of drug-likeness (QED) is 0.384. The SMILES string of the molecule is CN(C)CCNC(=O)c1cc([N+](=O)[O-])ccc1N(CCCl)CCCl. The number of likely N-dealkylation sites (N-methyl/N-ethyl adjacent to an activating group) is 1. The number of nitrogens with one attached hydrogen (secondary N) is 1. The number of non-ortho nitro benzene ring substituents is 1. The van der Waals surface area contributed by atoms with Crippen LogP contribution in [0, 0.1) is 10.1 Å². The van der Waals surface area contributed by atoms with Gasteiger partial charge >= 0.3 is 0 Å². The molecular weight excluding hydrogens is 355 g/mol. The molecule has 0 bridgehead atoms. The summed E-state index contributed by atoms with van der Waals surface area (Å²) in [6.45, 7) is 2.09. The van der Waals surface area contributed by atoms with E-state index in [1.807, 2.05) is 23.9 Å². The maximum atomic E-state index is 12.5. The van der Waals surface area contributed by atoms with Gasteiger partial charge < -0.3 is 15.1 Å². The summed E-state index contributed by atoms with van der Waals surface area (Å²) in [7, 11) is 3.79. The van der Waals surface area contributed by atoms with Crippen molar-refractivity contribution in [3.05, 3.63) is 33.9 Å². The number of benzene rings is 1. The Morgan fingerprint density at radius 2 is 1.83 bits per heavy atom. The molecule has 9 heteroatoms. The molecule has 1 rings (SSSR count). The van der Waals surface area contributed by atoms with Crippen molar-refractivity contribution in [3.63, 3.8) is 0 Å². The molecule has 0 radical (unpaired) electrons. The Morgan fingerprint density at radius 1 is 1.21 bits per heavy atom. The summed E-state index contributed by atoms with van der Waals surface area (Å²) < 4.78 is 0. The van der Waals surface area contributed by atoms with Gasteiger partial charge in [-0.15, -0.1) is 23.2 Å². The van der Waals surface area contributed by atoms with Crippen LogP contribution in [0.2, 0.25) is 0 Å². The summed E-state index contributed by atoms with van der Waals surface area (Å²) in [5.41, 5.74) is 0.704. The monoisotopic (exact) mass is 376 g/mol. The maximum Gasteiger partial charge on any atom is 0.270 e. The molecule has 0 aliphatic rings. The van der Waals surface area contributed by atoms with Crippen molar-refractivity contribution in [1.29, 1.82) is 0 Å². The minimum absolute atomic E-state index is 0.131. The fourth-order valence-electron chi connectivity index (χ4n) is 2.14. The molecule has 7 nitrogen and oxygen atoms in total. The van der Waals surface area contributed by atoms with E-state index in [1.165, 1.54) is 12.1 Å². The molecule has 0 spiro atoms. The predicted molar refractivity (Wildman–Crippen MR) is 97.6 cm³/mol. The second kappa shape index (κ2) is 10.3. The van der Waals surface area contributed by atoms with Crippen LogP contribution in [0.3, 0.4) is 0 Å². The molecular formula is C15H22Cl2N4O3. The van der Waals surface area contributed by atoms with Crippen LogP contribution in [0.5, 0.6) is 0 Å². The van der Waals surface area contributed by atoms with Crippen molar-refractivity contribution < 1.29 is 9.72 Å². The van der Waals surface area contributed by atoms with Gasteiger partial charge in [0.05, 0.1) is 16.2 Å². The second-order valence-electron chi connectivity index (χ2n) is 5.38. The summed E-state index contributed by atoms with van der Waals surface area (Å²) in [6.07, 6.45) is 0. The molecule has 1 N–H and O–H groups in total. The number of anilines is 1. The van der Waals surface area contributed by atoms with E-state index < -0.39 is 4.92 Å². The van der Waals surface area contributed by atoms with Crippen LogP contribution in [-0.4, -0.2) is 67.8 Å². The third-order valence-electron chi connectivity index (χ3n) is 3.33. The lowest BCUT2D eigenvalue weighted by Crippen LogP contribution is -2.34. The van der Waals surface area contributed by atoms with Gasteiger partial charge in [0.25, 0.3) is 11.6 Å². The van der Waals surface area contributed by atoms with E-state index in [4.69, 9.17) is 23.2 Å². The van der Waals surface area contributed by atoms with Gasteiger partial charge in [-0.05, 0) is 20.2 Å². The van der Waals surface area contributed by atoms with Gasteiger partial charge in [0.1, 0.15) is 0 Å². The fraction of sp³-hybridized carbons (Fsp3) is 0.533. The van der Waals surface area contributed by atoms with Crippen molar-refractivity contribution in [2.45, 2.75) is 0 Å². The van der Waals surface area contributed by atoms with E-state index in [0.717, 1.165) is 0 Å². The molecule has 0 saturated carbocycles. The molecule has 0 aliphatic heterocycles. The van der Waals surface area contributed by atoms with Gasteiger partial charge in [-0.25, -0.2) is 0 Å². The number of carbonyl (C=O) groups is 1. The summed E-state index contributed by atoms with van der Waals surface area (Å²) in [4.78, 5) is 26.8. The lowest BCUT2D eigenvalue weighted by molar-refractivity contribution is -0.384. The van der Waals surface area contributed by atoms with Crippen LogP contribution in [-0.2, 0) is 0 Å².